The molecule has 0 spiro atoms. The van der Waals surface area contributed by atoms with Crippen LogP contribution < -0.4 is 11.5 Å². The Labute approximate surface area is 147 Å². The van der Waals surface area contributed by atoms with E-state index in [0.29, 0.717) is 5.82 Å². The molecule has 0 bridgehead atoms. The summed E-state index contributed by atoms with van der Waals surface area (Å²) in [6, 6.07) is 0.270. The summed E-state index contributed by atoms with van der Waals surface area (Å²) in [6.45, 7) is 7.24. The van der Waals surface area contributed by atoms with Crippen LogP contribution in [0.2, 0.25) is 0 Å². The van der Waals surface area contributed by atoms with E-state index in [2.05, 4.69) is 23.7 Å². The first-order valence-electron chi connectivity index (χ1n) is 8.98. The van der Waals surface area contributed by atoms with Crippen LogP contribution in [0, 0.1) is 5.41 Å². The summed E-state index contributed by atoms with van der Waals surface area (Å²) >= 11 is 1.82. The van der Waals surface area contributed by atoms with E-state index < -0.39 is 0 Å². The predicted molar refractivity (Wildman–Crippen MR) is 100 cm³/mol. The zero-order valence-corrected chi connectivity index (χ0v) is 15.5. The predicted octanol–water partition coefficient (Wildman–Crippen LogP) is 2.71. The summed E-state index contributed by atoms with van der Waals surface area (Å²) in [5.74, 6) is 1.52. The highest BCUT2D eigenvalue weighted by Gasteiger charge is 2.33. The largest absolute Gasteiger partial charge is 0.383 e. The Morgan fingerprint density at radius 1 is 1.25 bits per heavy atom. The molecule has 0 amide bonds. The molecule has 130 valence electrons. The van der Waals surface area contributed by atoms with Gasteiger partial charge in [0.2, 0.25) is 0 Å². The van der Waals surface area contributed by atoms with Crippen LogP contribution >= 0.6 is 11.3 Å². The average Bonchev–Trinajstić information content (AvgIpc) is 2.89. The summed E-state index contributed by atoms with van der Waals surface area (Å²) in [5, 5.41) is 1.12. The van der Waals surface area contributed by atoms with Crippen molar-refractivity contribution < 1.29 is 0 Å². The number of likely N-dealkylation sites (tertiary alicyclic amines) is 1. The van der Waals surface area contributed by atoms with Crippen molar-refractivity contribution in [3.8, 4) is 0 Å². The van der Waals surface area contributed by atoms with Crippen LogP contribution in [0.3, 0.4) is 0 Å². The monoisotopic (exact) mass is 345 g/mol. The maximum Gasteiger partial charge on any atom is 0.146 e. The Morgan fingerprint density at radius 2 is 2.04 bits per heavy atom. The van der Waals surface area contributed by atoms with Gasteiger partial charge in [0.05, 0.1) is 11.9 Å². The molecular formula is C18H27N5S. The number of rotatable bonds is 2. The highest BCUT2D eigenvalue weighted by atomic mass is 32.1. The number of nitrogen functional groups attached to an aromatic ring is 1. The number of hydrogen-bond acceptors (Lipinski definition) is 6. The highest BCUT2D eigenvalue weighted by molar-refractivity contribution is 7.19. The summed E-state index contributed by atoms with van der Waals surface area (Å²) < 4.78 is 0. The minimum Gasteiger partial charge on any atom is -0.383 e. The van der Waals surface area contributed by atoms with Crippen LogP contribution in [0.25, 0.3) is 10.2 Å². The number of hydrogen-bond donors (Lipinski definition) is 2. The fraction of sp³-hybridized carbons (Fsp3) is 0.667. The van der Waals surface area contributed by atoms with Gasteiger partial charge in [0, 0.05) is 24.0 Å². The molecular weight excluding hydrogens is 318 g/mol. The Hall–Kier alpha value is -1.24. The highest BCUT2D eigenvalue weighted by Crippen LogP contribution is 2.38. The van der Waals surface area contributed by atoms with E-state index in [1.807, 2.05) is 11.3 Å². The Balaban J connectivity index is 1.61. The fourth-order valence-corrected chi connectivity index (χ4v) is 5.41. The van der Waals surface area contributed by atoms with Gasteiger partial charge in [-0.3, -0.25) is 4.90 Å². The van der Waals surface area contributed by atoms with Gasteiger partial charge >= 0.3 is 0 Å². The maximum absolute atomic E-state index is 6.32. The number of aryl methyl sites for hydroxylation is 2. The summed E-state index contributed by atoms with van der Waals surface area (Å²) in [7, 11) is 0. The lowest BCUT2D eigenvalue weighted by Crippen LogP contribution is -2.52. The number of fused-ring (bicyclic) bond motifs is 3. The molecule has 1 unspecified atom stereocenters. The van der Waals surface area contributed by atoms with Crippen LogP contribution in [0.4, 0.5) is 5.82 Å². The normalized spacial score (nSPS) is 24.2. The van der Waals surface area contributed by atoms with Crippen molar-refractivity contribution in [2.45, 2.75) is 58.5 Å². The first-order chi connectivity index (χ1) is 11.4. The summed E-state index contributed by atoms with van der Waals surface area (Å²) in [5.41, 5.74) is 14.1. The Bertz CT molecular complexity index is 766. The molecule has 1 fully saturated rings. The molecule has 0 aromatic carbocycles. The van der Waals surface area contributed by atoms with Crippen LogP contribution in [0.15, 0.2) is 0 Å². The number of nitrogens with two attached hydrogens (primary N) is 2. The van der Waals surface area contributed by atoms with Crippen LogP contribution in [-0.4, -0.2) is 34.0 Å². The van der Waals surface area contributed by atoms with Gasteiger partial charge in [-0.15, -0.1) is 11.3 Å². The number of aromatic nitrogens is 2. The molecule has 2 aromatic heterocycles. The smallest absolute Gasteiger partial charge is 0.146 e. The Kier molecular flexibility index (Phi) is 4.01. The minimum absolute atomic E-state index is 0.135. The summed E-state index contributed by atoms with van der Waals surface area (Å²) in [4.78, 5) is 14.5. The van der Waals surface area contributed by atoms with Crippen molar-refractivity contribution in [3.63, 3.8) is 0 Å². The number of piperidine rings is 1. The summed E-state index contributed by atoms with van der Waals surface area (Å²) in [6.07, 6.45) is 5.86. The number of thiophene rings is 1. The topological polar surface area (TPSA) is 81.1 Å². The molecule has 1 saturated heterocycles. The third-order valence-corrected chi connectivity index (χ3v) is 6.83. The van der Waals surface area contributed by atoms with Crippen molar-refractivity contribution in [3.05, 3.63) is 16.3 Å². The van der Waals surface area contributed by atoms with Gasteiger partial charge in [0.25, 0.3) is 0 Å². The van der Waals surface area contributed by atoms with E-state index in [1.165, 1.54) is 29.7 Å². The van der Waals surface area contributed by atoms with Crippen molar-refractivity contribution in [1.29, 1.82) is 0 Å². The lowest BCUT2D eigenvalue weighted by molar-refractivity contribution is 0.0880. The van der Waals surface area contributed by atoms with Crippen molar-refractivity contribution >= 4 is 27.4 Å². The van der Waals surface area contributed by atoms with Gasteiger partial charge in [-0.05, 0) is 43.1 Å². The van der Waals surface area contributed by atoms with Gasteiger partial charge in [-0.2, -0.15) is 0 Å². The molecule has 5 nitrogen and oxygen atoms in total. The molecule has 0 radical (unpaired) electrons. The molecule has 0 saturated carbocycles. The SMILES string of the molecule is CC1(C)CN(Cc2nc(N)c3c4c(sc3n2)CCCC4)CCC1N. The fourth-order valence-electron chi connectivity index (χ4n) is 4.12. The van der Waals surface area contributed by atoms with E-state index in [1.54, 1.807) is 0 Å². The maximum atomic E-state index is 6.32. The zero-order valence-electron chi connectivity index (χ0n) is 14.6. The first kappa shape index (κ1) is 16.2. The third-order valence-electron chi connectivity index (χ3n) is 5.65. The van der Waals surface area contributed by atoms with Crippen LogP contribution in [-0.2, 0) is 19.4 Å². The molecule has 6 heteroatoms. The van der Waals surface area contributed by atoms with Crippen LogP contribution in [0.5, 0.6) is 0 Å². The van der Waals surface area contributed by atoms with E-state index in [0.717, 1.165) is 48.5 Å². The van der Waals surface area contributed by atoms with Gasteiger partial charge in [0.15, 0.2) is 0 Å². The van der Waals surface area contributed by atoms with E-state index in [-0.39, 0.29) is 11.5 Å². The number of anilines is 1. The molecule has 4 rings (SSSR count). The quantitative estimate of drug-likeness (QED) is 0.874. The molecule has 1 aliphatic carbocycles. The molecule has 2 aromatic rings. The standard InChI is InChI=1S/C18H27N5S/c1-18(2)10-23(8-7-13(18)19)9-14-21-16(20)15-11-5-3-4-6-12(11)24-17(15)22-14/h13H,3-10,19H2,1-2H3,(H2,20,21,22). The minimum atomic E-state index is 0.135. The molecule has 1 aliphatic heterocycles. The zero-order chi connectivity index (χ0) is 16.9. The second-order valence-corrected chi connectivity index (χ2v) is 9.09. The van der Waals surface area contributed by atoms with Crippen LogP contribution in [0.1, 0.15) is 49.4 Å². The molecule has 3 heterocycles. The average molecular weight is 346 g/mol. The van der Waals surface area contributed by atoms with E-state index in [4.69, 9.17) is 16.5 Å². The van der Waals surface area contributed by atoms with E-state index >= 15 is 0 Å². The van der Waals surface area contributed by atoms with Gasteiger partial charge in [0.1, 0.15) is 16.5 Å². The number of nitrogens with zero attached hydrogens (tertiary/aromatic N) is 3. The third kappa shape index (κ3) is 2.80. The van der Waals surface area contributed by atoms with E-state index in [9.17, 15) is 0 Å². The first-order valence-corrected chi connectivity index (χ1v) is 9.80. The molecule has 24 heavy (non-hydrogen) atoms. The van der Waals surface area contributed by atoms with Crippen molar-refractivity contribution in [1.82, 2.24) is 14.9 Å². The molecule has 2 aliphatic rings. The Morgan fingerprint density at radius 3 is 2.83 bits per heavy atom. The van der Waals surface area contributed by atoms with Gasteiger partial charge < -0.3 is 11.5 Å². The lowest BCUT2D eigenvalue weighted by atomic mass is 9.80. The lowest BCUT2D eigenvalue weighted by Gasteiger charge is -2.42. The van der Waals surface area contributed by atoms with Crippen molar-refractivity contribution in [2.75, 3.05) is 18.8 Å². The molecule has 1 atom stereocenters. The van der Waals surface area contributed by atoms with Gasteiger partial charge in [-0.25, -0.2) is 9.97 Å². The van der Waals surface area contributed by atoms with Crippen molar-refractivity contribution in [2.24, 2.45) is 11.1 Å². The second-order valence-electron chi connectivity index (χ2n) is 8.01. The second kappa shape index (κ2) is 5.93. The molecule has 4 N–H and O–H groups in total. The van der Waals surface area contributed by atoms with Gasteiger partial charge in [-0.1, -0.05) is 13.8 Å².